The molecule has 0 spiro atoms. The Morgan fingerprint density at radius 3 is 2.56 bits per heavy atom. The van der Waals surface area contributed by atoms with Crippen molar-refractivity contribution in [2.75, 3.05) is 12.3 Å². The van der Waals surface area contributed by atoms with Gasteiger partial charge in [0.25, 0.3) is 0 Å². The number of nitrogen functional groups attached to an aromatic ring is 1. The number of nitrogens with one attached hydrogen (secondary N) is 1. The van der Waals surface area contributed by atoms with Crippen LogP contribution in [0.1, 0.15) is 32.9 Å². The van der Waals surface area contributed by atoms with Gasteiger partial charge < -0.3 is 11.1 Å². The molecule has 25 heavy (non-hydrogen) atoms. The zero-order chi connectivity index (χ0) is 18.4. The fraction of sp³-hybridized carbons (Fsp3) is 0.389. The molecule has 0 saturated carbocycles. The number of carbonyl (C=O) groups is 1. The van der Waals surface area contributed by atoms with Crippen LogP contribution in [0.25, 0.3) is 11.1 Å². The van der Waals surface area contributed by atoms with E-state index in [2.05, 4.69) is 15.3 Å². The Labute approximate surface area is 157 Å². The minimum Gasteiger partial charge on any atom is -0.383 e. The van der Waals surface area contributed by atoms with Crippen LogP contribution in [0.2, 0.25) is 5.02 Å². The number of thioether (sulfide) groups is 1. The molecule has 5 nitrogen and oxygen atoms in total. The summed E-state index contributed by atoms with van der Waals surface area (Å²) in [6, 6.07) is 7.45. The number of anilines is 1. The molecular weight excluding hydrogens is 356 g/mol. The average molecular weight is 379 g/mol. The van der Waals surface area contributed by atoms with Gasteiger partial charge in [0, 0.05) is 17.1 Å². The molecule has 0 fully saturated rings. The minimum absolute atomic E-state index is 0.0196. The topological polar surface area (TPSA) is 80.9 Å². The molecule has 0 bridgehead atoms. The molecule has 0 aliphatic heterocycles. The summed E-state index contributed by atoms with van der Waals surface area (Å²) in [6.07, 6.45) is 1.62. The number of nitrogens with zero attached hydrogens (tertiary/aromatic N) is 2. The van der Waals surface area contributed by atoms with Crippen LogP contribution in [0.4, 0.5) is 5.82 Å². The van der Waals surface area contributed by atoms with Crippen LogP contribution >= 0.6 is 23.4 Å². The molecule has 1 aromatic heterocycles. The predicted octanol–water partition coefficient (Wildman–Crippen LogP) is 3.95. The van der Waals surface area contributed by atoms with Gasteiger partial charge in [-0.2, -0.15) is 0 Å². The van der Waals surface area contributed by atoms with Gasteiger partial charge in [-0.3, -0.25) is 4.79 Å². The summed E-state index contributed by atoms with van der Waals surface area (Å²) in [7, 11) is 0. The molecule has 134 valence electrons. The molecule has 1 aromatic carbocycles. The second-order valence-corrected chi connectivity index (χ2v) is 7.37. The summed E-state index contributed by atoms with van der Waals surface area (Å²) in [4.78, 5) is 21.0. The normalized spacial score (nSPS) is 12.0. The highest BCUT2D eigenvalue weighted by atomic mass is 35.5. The van der Waals surface area contributed by atoms with Gasteiger partial charge in [0.05, 0.1) is 10.9 Å². The van der Waals surface area contributed by atoms with Crippen LogP contribution in [-0.2, 0) is 11.2 Å². The van der Waals surface area contributed by atoms with Crippen LogP contribution in [0, 0.1) is 0 Å². The molecule has 0 unspecified atom stereocenters. The Morgan fingerprint density at radius 2 is 1.96 bits per heavy atom. The van der Waals surface area contributed by atoms with E-state index in [4.69, 9.17) is 17.3 Å². The van der Waals surface area contributed by atoms with Crippen LogP contribution in [0.5, 0.6) is 0 Å². The molecule has 1 heterocycles. The van der Waals surface area contributed by atoms with Crippen molar-refractivity contribution in [2.24, 2.45) is 0 Å². The van der Waals surface area contributed by atoms with E-state index in [0.717, 1.165) is 23.2 Å². The van der Waals surface area contributed by atoms with Crippen molar-refractivity contribution in [3.63, 3.8) is 0 Å². The zero-order valence-corrected chi connectivity index (χ0v) is 16.2. The number of hydrogen-bond acceptors (Lipinski definition) is 5. The standard InChI is InChI=1S/C18H23ClN4OS/c1-4-10-21-17(24)11(3)25-18-22-14(5-2)15(16(20)23-18)12-6-8-13(19)9-7-12/h6-9,11H,4-5,10H2,1-3H3,(H,21,24)(H2,20,22,23)/t11-/m0/s1. The first-order chi connectivity index (χ1) is 12.0. The smallest absolute Gasteiger partial charge is 0.233 e. The maximum absolute atomic E-state index is 12.0. The summed E-state index contributed by atoms with van der Waals surface area (Å²) in [5.41, 5.74) is 8.82. The van der Waals surface area contributed by atoms with E-state index in [1.54, 1.807) is 0 Å². The Balaban J connectivity index is 2.27. The molecule has 0 saturated heterocycles. The second-order valence-electron chi connectivity index (χ2n) is 5.62. The fourth-order valence-electron chi connectivity index (χ4n) is 2.35. The van der Waals surface area contributed by atoms with Gasteiger partial charge in [0.2, 0.25) is 5.91 Å². The maximum atomic E-state index is 12.0. The zero-order valence-electron chi connectivity index (χ0n) is 14.7. The molecule has 0 aliphatic rings. The van der Waals surface area contributed by atoms with Crippen molar-refractivity contribution in [1.29, 1.82) is 0 Å². The monoisotopic (exact) mass is 378 g/mol. The van der Waals surface area contributed by atoms with Gasteiger partial charge >= 0.3 is 0 Å². The first-order valence-electron chi connectivity index (χ1n) is 8.32. The van der Waals surface area contributed by atoms with Crippen molar-refractivity contribution in [3.05, 3.63) is 35.0 Å². The number of nitrogens with two attached hydrogens (primary N) is 1. The summed E-state index contributed by atoms with van der Waals surface area (Å²) < 4.78 is 0. The molecule has 0 radical (unpaired) electrons. The molecular formula is C18H23ClN4OS. The number of rotatable bonds is 7. The highest BCUT2D eigenvalue weighted by molar-refractivity contribution is 8.00. The number of amides is 1. The lowest BCUT2D eigenvalue weighted by Crippen LogP contribution is -2.31. The number of halogens is 1. The summed E-state index contributed by atoms with van der Waals surface area (Å²) >= 11 is 7.27. The van der Waals surface area contributed by atoms with Gasteiger partial charge in [-0.1, -0.05) is 49.3 Å². The van der Waals surface area contributed by atoms with Crippen LogP contribution in [0.3, 0.4) is 0 Å². The van der Waals surface area contributed by atoms with E-state index in [1.807, 2.05) is 45.0 Å². The quantitative estimate of drug-likeness (QED) is 0.563. The van der Waals surface area contributed by atoms with E-state index < -0.39 is 0 Å². The second kappa shape index (κ2) is 9.06. The first kappa shape index (κ1) is 19.5. The Morgan fingerprint density at radius 1 is 1.28 bits per heavy atom. The van der Waals surface area contributed by atoms with Gasteiger partial charge in [-0.25, -0.2) is 9.97 Å². The van der Waals surface area contributed by atoms with E-state index >= 15 is 0 Å². The van der Waals surface area contributed by atoms with Crippen molar-refractivity contribution < 1.29 is 4.79 Å². The van der Waals surface area contributed by atoms with E-state index in [-0.39, 0.29) is 11.2 Å². The van der Waals surface area contributed by atoms with Crippen molar-refractivity contribution in [1.82, 2.24) is 15.3 Å². The molecule has 2 aromatic rings. The SMILES string of the molecule is CCCNC(=O)[C@H](C)Sc1nc(N)c(-c2ccc(Cl)cc2)c(CC)n1. The molecule has 2 rings (SSSR count). The van der Waals surface area contributed by atoms with Crippen LogP contribution in [0.15, 0.2) is 29.4 Å². The van der Waals surface area contributed by atoms with E-state index in [1.165, 1.54) is 11.8 Å². The Kier molecular flexibility index (Phi) is 7.08. The van der Waals surface area contributed by atoms with E-state index in [0.29, 0.717) is 29.0 Å². The Hall–Kier alpha value is -1.79. The Bertz CT molecular complexity index is 737. The third-order valence-corrected chi connectivity index (χ3v) is 4.87. The van der Waals surface area contributed by atoms with Gasteiger partial charge in [-0.05, 0) is 37.5 Å². The summed E-state index contributed by atoms with van der Waals surface area (Å²) in [6.45, 7) is 6.55. The van der Waals surface area contributed by atoms with Crippen LogP contribution < -0.4 is 11.1 Å². The molecule has 7 heteroatoms. The first-order valence-corrected chi connectivity index (χ1v) is 9.58. The van der Waals surface area contributed by atoms with Gasteiger partial charge in [0.15, 0.2) is 5.16 Å². The number of aromatic nitrogens is 2. The fourth-order valence-corrected chi connectivity index (χ4v) is 3.29. The lowest BCUT2D eigenvalue weighted by molar-refractivity contribution is -0.120. The largest absolute Gasteiger partial charge is 0.383 e. The number of benzene rings is 1. The van der Waals surface area contributed by atoms with Crippen molar-refractivity contribution >= 4 is 35.1 Å². The number of aryl methyl sites for hydroxylation is 1. The lowest BCUT2D eigenvalue weighted by Gasteiger charge is -2.14. The van der Waals surface area contributed by atoms with Gasteiger partial charge in [0.1, 0.15) is 5.82 Å². The maximum Gasteiger partial charge on any atom is 0.233 e. The summed E-state index contributed by atoms with van der Waals surface area (Å²) in [5, 5.41) is 3.79. The lowest BCUT2D eigenvalue weighted by atomic mass is 10.0. The molecule has 1 atom stereocenters. The third kappa shape index (κ3) is 5.09. The highest BCUT2D eigenvalue weighted by Crippen LogP contribution is 2.31. The highest BCUT2D eigenvalue weighted by Gasteiger charge is 2.19. The predicted molar refractivity (Wildman–Crippen MR) is 105 cm³/mol. The number of hydrogen-bond donors (Lipinski definition) is 2. The molecule has 3 N–H and O–H groups in total. The molecule has 1 amide bonds. The summed E-state index contributed by atoms with van der Waals surface area (Å²) in [5.74, 6) is 0.395. The minimum atomic E-state index is -0.281. The van der Waals surface area contributed by atoms with Crippen LogP contribution in [-0.4, -0.2) is 27.7 Å². The molecule has 0 aliphatic carbocycles. The van der Waals surface area contributed by atoms with Crippen molar-refractivity contribution in [2.45, 2.75) is 44.0 Å². The third-order valence-electron chi connectivity index (χ3n) is 3.66. The van der Waals surface area contributed by atoms with Gasteiger partial charge in [-0.15, -0.1) is 0 Å². The average Bonchev–Trinajstić information content (AvgIpc) is 2.60. The van der Waals surface area contributed by atoms with Crippen molar-refractivity contribution in [3.8, 4) is 11.1 Å². The van der Waals surface area contributed by atoms with E-state index in [9.17, 15) is 4.79 Å². The number of carbonyl (C=O) groups excluding carboxylic acids is 1.